The number of ketones is 2. The molecule has 0 bridgehead atoms. The maximum atomic E-state index is 11.2. The van der Waals surface area contributed by atoms with E-state index in [-0.39, 0.29) is 17.5 Å². The molecule has 2 heteroatoms. The Hall–Kier alpha value is -0.660. The highest BCUT2D eigenvalue weighted by atomic mass is 16.1. The fourth-order valence-electron chi connectivity index (χ4n) is 1.61. The molecule has 0 N–H and O–H groups in total. The molecular weight excluding hydrogens is 140 g/mol. The van der Waals surface area contributed by atoms with Gasteiger partial charge in [0, 0.05) is 6.42 Å². The molecule has 1 rings (SSSR count). The van der Waals surface area contributed by atoms with Crippen LogP contribution in [0.15, 0.2) is 0 Å². The van der Waals surface area contributed by atoms with Gasteiger partial charge in [0.05, 0.1) is 5.92 Å². The van der Waals surface area contributed by atoms with Gasteiger partial charge in [-0.1, -0.05) is 6.92 Å². The summed E-state index contributed by atoms with van der Waals surface area (Å²) in [6.45, 7) is 3.61. The molecule has 1 saturated carbocycles. The zero-order valence-corrected chi connectivity index (χ0v) is 7.09. The molecule has 11 heavy (non-hydrogen) atoms. The second-order valence-corrected chi connectivity index (χ2v) is 3.51. The summed E-state index contributed by atoms with van der Waals surface area (Å²) in [7, 11) is 0. The lowest BCUT2D eigenvalue weighted by Crippen LogP contribution is -2.28. The van der Waals surface area contributed by atoms with Crippen LogP contribution in [0.3, 0.4) is 0 Å². The molecule has 0 aromatic carbocycles. The normalized spacial score (nSPS) is 32.0. The van der Waals surface area contributed by atoms with Crippen LogP contribution < -0.4 is 0 Å². The molecule has 2 unspecified atom stereocenters. The number of rotatable bonds is 1. The minimum Gasteiger partial charge on any atom is -0.299 e. The number of hydrogen-bond acceptors (Lipinski definition) is 2. The Kier molecular flexibility index (Phi) is 2.42. The first-order valence-corrected chi connectivity index (χ1v) is 4.14. The lowest BCUT2D eigenvalue weighted by Gasteiger charge is -2.23. The molecule has 0 spiro atoms. The van der Waals surface area contributed by atoms with E-state index in [1.807, 2.05) is 0 Å². The Labute approximate surface area is 67.0 Å². The van der Waals surface area contributed by atoms with E-state index in [0.717, 1.165) is 12.8 Å². The van der Waals surface area contributed by atoms with Crippen LogP contribution in [0.2, 0.25) is 0 Å². The van der Waals surface area contributed by atoms with Crippen molar-refractivity contribution in [3.63, 3.8) is 0 Å². The Morgan fingerprint density at radius 2 is 2.18 bits per heavy atom. The molecule has 62 valence electrons. The first-order valence-electron chi connectivity index (χ1n) is 4.14. The van der Waals surface area contributed by atoms with Crippen molar-refractivity contribution in [3.05, 3.63) is 0 Å². The summed E-state index contributed by atoms with van der Waals surface area (Å²) >= 11 is 0. The van der Waals surface area contributed by atoms with Gasteiger partial charge in [-0.2, -0.15) is 0 Å². The third-order valence-corrected chi connectivity index (χ3v) is 2.40. The molecule has 1 aliphatic rings. The van der Waals surface area contributed by atoms with Crippen molar-refractivity contribution in [2.24, 2.45) is 11.8 Å². The minimum atomic E-state index is -0.279. The number of carbonyl (C=O) groups is 2. The van der Waals surface area contributed by atoms with E-state index >= 15 is 0 Å². The maximum Gasteiger partial charge on any atom is 0.143 e. The van der Waals surface area contributed by atoms with Crippen molar-refractivity contribution in [2.75, 3.05) is 0 Å². The van der Waals surface area contributed by atoms with E-state index in [1.54, 1.807) is 0 Å². The molecule has 0 aromatic heterocycles. The largest absolute Gasteiger partial charge is 0.299 e. The van der Waals surface area contributed by atoms with Crippen LogP contribution in [0, 0.1) is 11.8 Å². The molecule has 1 aliphatic carbocycles. The summed E-state index contributed by atoms with van der Waals surface area (Å²) in [5, 5.41) is 0. The monoisotopic (exact) mass is 154 g/mol. The average Bonchev–Trinajstić information content (AvgIpc) is 1.94. The lowest BCUT2D eigenvalue weighted by atomic mass is 9.80. The van der Waals surface area contributed by atoms with Gasteiger partial charge in [0.1, 0.15) is 11.6 Å². The van der Waals surface area contributed by atoms with Gasteiger partial charge in [-0.25, -0.2) is 0 Å². The van der Waals surface area contributed by atoms with Crippen LogP contribution in [0.1, 0.15) is 33.1 Å². The Balaban J connectivity index is 2.61. The first-order chi connectivity index (χ1) is 5.11. The molecule has 2 atom stereocenters. The summed E-state index contributed by atoms with van der Waals surface area (Å²) in [6.07, 6.45) is 2.34. The standard InChI is InChI=1S/C9H14O2/c1-6-3-4-9(11)8(5-6)7(2)10/h6,8H,3-5H2,1-2H3. The van der Waals surface area contributed by atoms with E-state index in [1.165, 1.54) is 6.92 Å². The van der Waals surface area contributed by atoms with Gasteiger partial charge < -0.3 is 0 Å². The van der Waals surface area contributed by atoms with Crippen LogP contribution >= 0.6 is 0 Å². The molecule has 2 nitrogen and oxygen atoms in total. The van der Waals surface area contributed by atoms with Gasteiger partial charge in [-0.15, -0.1) is 0 Å². The van der Waals surface area contributed by atoms with Gasteiger partial charge in [-0.05, 0) is 25.7 Å². The van der Waals surface area contributed by atoms with Gasteiger partial charge >= 0.3 is 0 Å². The van der Waals surface area contributed by atoms with Crippen molar-refractivity contribution >= 4 is 11.6 Å². The summed E-state index contributed by atoms with van der Waals surface area (Å²) in [5.74, 6) is 0.456. The Morgan fingerprint density at radius 1 is 1.55 bits per heavy atom. The molecule has 1 fully saturated rings. The predicted octanol–water partition coefficient (Wildman–Crippen LogP) is 1.58. The zero-order valence-electron chi connectivity index (χ0n) is 7.09. The van der Waals surface area contributed by atoms with Crippen molar-refractivity contribution in [1.82, 2.24) is 0 Å². The molecule has 0 heterocycles. The average molecular weight is 154 g/mol. The molecular formula is C9H14O2. The quantitative estimate of drug-likeness (QED) is 0.537. The number of Topliss-reactive ketones (excluding diaryl/α,β-unsaturated/α-hetero) is 2. The van der Waals surface area contributed by atoms with Crippen molar-refractivity contribution in [3.8, 4) is 0 Å². The van der Waals surface area contributed by atoms with E-state index in [4.69, 9.17) is 0 Å². The third-order valence-electron chi connectivity index (χ3n) is 2.40. The highest BCUT2D eigenvalue weighted by Crippen LogP contribution is 2.26. The molecule has 0 aromatic rings. The van der Waals surface area contributed by atoms with E-state index in [0.29, 0.717) is 12.3 Å². The second-order valence-electron chi connectivity index (χ2n) is 3.51. The summed E-state index contributed by atoms with van der Waals surface area (Å²) in [5.41, 5.74) is 0. The fourth-order valence-corrected chi connectivity index (χ4v) is 1.61. The van der Waals surface area contributed by atoms with E-state index in [2.05, 4.69) is 6.92 Å². The van der Waals surface area contributed by atoms with Gasteiger partial charge in [0.15, 0.2) is 0 Å². The van der Waals surface area contributed by atoms with Gasteiger partial charge in [0.2, 0.25) is 0 Å². The highest BCUT2D eigenvalue weighted by Gasteiger charge is 2.29. The second kappa shape index (κ2) is 3.16. The number of hydrogen-bond donors (Lipinski definition) is 0. The van der Waals surface area contributed by atoms with E-state index in [9.17, 15) is 9.59 Å². The van der Waals surface area contributed by atoms with E-state index < -0.39 is 0 Å². The molecule has 0 radical (unpaired) electrons. The third kappa shape index (κ3) is 1.88. The summed E-state index contributed by atoms with van der Waals surface area (Å²) in [4.78, 5) is 22.1. The van der Waals surface area contributed by atoms with Crippen molar-refractivity contribution in [2.45, 2.75) is 33.1 Å². The zero-order chi connectivity index (χ0) is 8.43. The fraction of sp³-hybridized carbons (Fsp3) is 0.778. The summed E-state index contributed by atoms with van der Waals surface area (Å²) in [6, 6.07) is 0. The molecule has 0 amide bonds. The first kappa shape index (κ1) is 8.44. The van der Waals surface area contributed by atoms with Crippen LogP contribution in [-0.2, 0) is 9.59 Å². The Bertz CT molecular complexity index is 184. The van der Waals surface area contributed by atoms with Crippen molar-refractivity contribution in [1.29, 1.82) is 0 Å². The predicted molar refractivity (Wildman–Crippen MR) is 42.2 cm³/mol. The topological polar surface area (TPSA) is 34.1 Å². The molecule has 0 saturated heterocycles. The van der Waals surface area contributed by atoms with Crippen LogP contribution in [0.5, 0.6) is 0 Å². The SMILES string of the molecule is CC(=O)C1CC(C)CCC1=O. The molecule has 0 aliphatic heterocycles. The Morgan fingerprint density at radius 3 is 2.64 bits per heavy atom. The maximum absolute atomic E-state index is 11.2. The van der Waals surface area contributed by atoms with Gasteiger partial charge in [-0.3, -0.25) is 9.59 Å². The van der Waals surface area contributed by atoms with Crippen LogP contribution in [-0.4, -0.2) is 11.6 Å². The van der Waals surface area contributed by atoms with Crippen LogP contribution in [0.4, 0.5) is 0 Å². The summed E-state index contributed by atoms with van der Waals surface area (Å²) < 4.78 is 0. The highest BCUT2D eigenvalue weighted by molar-refractivity contribution is 6.01. The van der Waals surface area contributed by atoms with Crippen LogP contribution in [0.25, 0.3) is 0 Å². The van der Waals surface area contributed by atoms with Crippen molar-refractivity contribution < 1.29 is 9.59 Å². The lowest BCUT2D eigenvalue weighted by molar-refractivity contribution is -0.134. The number of carbonyl (C=O) groups excluding carboxylic acids is 2. The van der Waals surface area contributed by atoms with Gasteiger partial charge in [0.25, 0.3) is 0 Å². The smallest absolute Gasteiger partial charge is 0.143 e. The minimum absolute atomic E-state index is 0.0431.